The van der Waals surface area contributed by atoms with E-state index in [0.29, 0.717) is 23.2 Å². The summed E-state index contributed by atoms with van der Waals surface area (Å²) in [4.78, 5) is 48.3. The highest BCUT2D eigenvalue weighted by Crippen LogP contribution is 2.66. The summed E-state index contributed by atoms with van der Waals surface area (Å²) in [6.07, 6.45) is 8.82. The number of rotatable bonds is 8. The number of nitrogens with one attached hydrogen (secondary N) is 1. The Labute approximate surface area is 267 Å². The standard InChI is InChI=1S/C35H51NO9/c1-8-23-10-12-27-26-11-9-24-17-25(13-15-35(24,7)28(26)14-16-34(23,27)6)44-33-30(36-19(2)37)32(43-22(5)40)31(42-21(4)39)29(45-33)18-41-20(3)38/h8-9,23,25-33H,1,10-18H2,2-7H3,(H,36,37). The molecular formula is C35H51NO9. The summed E-state index contributed by atoms with van der Waals surface area (Å²) in [5.74, 6) is 0.485. The molecule has 45 heavy (non-hydrogen) atoms. The monoisotopic (exact) mass is 629 g/mol. The normalized spacial score (nSPS) is 42.1. The third kappa shape index (κ3) is 6.59. The van der Waals surface area contributed by atoms with E-state index in [9.17, 15) is 19.2 Å². The van der Waals surface area contributed by atoms with Crippen LogP contribution in [0.25, 0.3) is 0 Å². The minimum absolute atomic E-state index is 0.111. The fourth-order valence-corrected chi connectivity index (χ4v) is 9.77. The van der Waals surface area contributed by atoms with Gasteiger partial charge in [0.1, 0.15) is 18.8 Å². The number of amides is 1. The van der Waals surface area contributed by atoms with Gasteiger partial charge in [-0.05, 0) is 85.9 Å². The van der Waals surface area contributed by atoms with Crippen LogP contribution in [-0.2, 0) is 42.9 Å². The van der Waals surface area contributed by atoms with Crippen LogP contribution in [0.2, 0.25) is 0 Å². The third-order valence-electron chi connectivity index (χ3n) is 11.8. The maximum absolute atomic E-state index is 12.4. The Bertz CT molecular complexity index is 1220. The SMILES string of the molecule is C=CC1CCC2C3CC=C4CC(OC5OC(COC(C)=O)C(OC(C)=O)C(OC(C)=O)C5NC(C)=O)CCC4(C)C3CCC12C. The van der Waals surface area contributed by atoms with Gasteiger partial charge in [0.25, 0.3) is 0 Å². The Morgan fingerprint density at radius 1 is 0.956 bits per heavy atom. The second kappa shape index (κ2) is 13.2. The largest absolute Gasteiger partial charge is 0.463 e. The summed E-state index contributed by atoms with van der Waals surface area (Å²) in [7, 11) is 0. The van der Waals surface area contributed by atoms with Crippen LogP contribution in [0.3, 0.4) is 0 Å². The predicted octanol–water partition coefficient (Wildman–Crippen LogP) is 4.79. The van der Waals surface area contributed by atoms with Crippen molar-refractivity contribution in [1.29, 1.82) is 0 Å². The van der Waals surface area contributed by atoms with Crippen LogP contribution in [0, 0.1) is 34.5 Å². The topological polar surface area (TPSA) is 126 Å². The fraction of sp³-hybridized carbons (Fsp3) is 0.771. The van der Waals surface area contributed by atoms with Crippen LogP contribution < -0.4 is 5.32 Å². The van der Waals surface area contributed by atoms with Gasteiger partial charge in [-0.1, -0.05) is 31.6 Å². The molecule has 1 N–H and O–H groups in total. The highest BCUT2D eigenvalue weighted by Gasteiger charge is 2.58. The van der Waals surface area contributed by atoms with E-state index in [1.165, 1.54) is 59.0 Å². The predicted molar refractivity (Wildman–Crippen MR) is 164 cm³/mol. The minimum Gasteiger partial charge on any atom is -0.463 e. The van der Waals surface area contributed by atoms with Gasteiger partial charge in [0.15, 0.2) is 18.5 Å². The van der Waals surface area contributed by atoms with Crippen LogP contribution in [0.1, 0.15) is 92.9 Å². The van der Waals surface area contributed by atoms with Gasteiger partial charge in [-0.3, -0.25) is 19.2 Å². The summed E-state index contributed by atoms with van der Waals surface area (Å²) < 4.78 is 29.3. The molecule has 0 aromatic rings. The van der Waals surface area contributed by atoms with Crippen molar-refractivity contribution < 1.29 is 42.9 Å². The molecule has 4 fully saturated rings. The van der Waals surface area contributed by atoms with Gasteiger partial charge in [0.2, 0.25) is 5.91 Å². The van der Waals surface area contributed by atoms with Crippen molar-refractivity contribution in [2.75, 3.05) is 6.61 Å². The molecule has 0 radical (unpaired) electrons. The first-order valence-electron chi connectivity index (χ1n) is 16.6. The molecule has 0 aromatic carbocycles. The van der Waals surface area contributed by atoms with Gasteiger partial charge >= 0.3 is 17.9 Å². The van der Waals surface area contributed by atoms with Crippen LogP contribution in [0.5, 0.6) is 0 Å². The third-order valence-corrected chi connectivity index (χ3v) is 11.8. The summed E-state index contributed by atoms with van der Waals surface area (Å²) in [6.45, 7) is 13.9. The molecule has 5 aliphatic rings. The zero-order chi connectivity index (χ0) is 32.7. The van der Waals surface area contributed by atoms with E-state index in [1.807, 2.05) is 0 Å². The number of esters is 3. The molecule has 10 nitrogen and oxygen atoms in total. The van der Waals surface area contributed by atoms with Crippen molar-refractivity contribution in [3.63, 3.8) is 0 Å². The number of ether oxygens (including phenoxy) is 5. The Kier molecular flexibility index (Phi) is 9.85. The van der Waals surface area contributed by atoms with Crippen LogP contribution >= 0.6 is 0 Å². The average molecular weight is 630 g/mol. The van der Waals surface area contributed by atoms with E-state index in [0.717, 1.165) is 31.6 Å². The number of hydrogen-bond donors (Lipinski definition) is 1. The van der Waals surface area contributed by atoms with Crippen molar-refractivity contribution in [3.8, 4) is 0 Å². The van der Waals surface area contributed by atoms with Crippen molar-refractivity contribution in [3.05, 3.63) is 24.3 Å². The van der Waals surface area contributed by atoms with Crippen molar-refractivity contribution >= 4 is 23.8 Å². The molecule has 1 aliphatic heterocycles. The highest BCUT2D eigenvalue weighted by atomic mass is 16.7. The van der Waals surface area contributed by atoms with Crippen LogP contribution in [0.4, 0.5) is 0 Å². The maximum Gasteiger partial charge on any atom is 0.303 e. The van der Waals surface area contributed by atoms with Gasteiger partial charge < -0.3 is 29.0 Å². The lowest BCUT2D eigenvalue weighted by atomic mass is 9.47. The second-order valence-electron chi connectivity index (χ2n) is 14.4. The molecule has 4 aliphatic carbocycles. The lowest BCUT2D eigenvalue weighted by Crippen LogP contribution is -2.67. The van der Waals surface area contributed by atoms with Crippen LogP contribution in [-0.4, -0.2) is 67.2 Å². The zero-order valence-electron chi connectivity index (χ0n) is 27.7. The van der Waals surface area contributed by atoms with Gasteiger partial charge in [-0.25, -0.2) is 0 Å². The molecule has 250 valence electrons. The first kappa shape index (κ1) is 33.6. The van der Waals surface area contributed by atoms with Gasteiger partial charge in [0, 0.05) is 27.7 Å². The molecule has 12 unspecified atom stereocenters. The number of carbonyl (C=O) groups is 4. The Hall–Kier alpha value is -2.72. The second-order valence-corrected chi connectivity index (χ2v) is 14.4. The molecule has 3 saturated carbocycles. The first-order valence-corrected chi connectivity index (χ1v) is 16.6. The Morgan fingerprint density at radius 2 is 1.67 bits per heavy atom. The van der Waals surface area contributed by atoms with E-state index < -0.39 is 48.6 Å². The fourth-order valence-electron chi connectivity index (χ4n) is 9.77. The van der Waals surface area contributed by atoms with Crippen molar-refractivity contribution in [2.45, 2.75) is 130 Å². The summed E-state index contributed by atoms with van der Waals surface area (Å²) in [5, 5.41) is 2.81. The van der Waals surface area contributed by atoms with Crippen LogP contribution in [0.15, 0.2) is 24.3 Å². The number of hydrogen-bond acceptors (Lipinski definition) is 9. The summed E-state index contributed by atoms with van der Waals surface area (Å²) in [6, 6.07) is -0.960. The Morgan fingerprint density at radius 3 is 2.31 bits per heavy atom. The smallest absolute Gasteiger partial charge is 0.303 e. The molecule has 0 aromatic heterocycles. The van der Waals surface area contributed by atoms with E-state index in [-0.39, 0.29) is 24.0 Å². The molecule has 10 heteroatoms. The van der Waals surface area contributed by atoms with E-state index in [1.54, 1.807) is 0 Å². The lowest BCUT2D eigenvalue weighted by Gasteiger charge is -2.58. The summed E-state index contributed by atoms with van der Waals surface area (Å²) >= 11 is 0. The molecule has 1 heterocycles. The molecule has 5 rings (SSSR count). The van der Waals surface area contributed by atoms with Gasteiger partial charge in [0.05, 0.1) is 6.10 Å². The lowest BCUT2D eigenvalue weighted by molar-refractivity contribution is -0.289. The molecule has 1 saturated heterocycles. The first-order chi connectivity index (χ1) is 21.3. The molecular weight excluding hydrogens is 578 g/mol. The van der Waals surface area contributed by atoms with Gasteiger partial charge in [-0.15, -0.1) is 6.58 Å². The quantitative estimate of drug-likeness (QED) is 0.229. The summed E-state index contributed by atoms with van der Waals surface area (Å²) in [5.41, 5.74) is 1.89. The van der Waals surface area contributed by atoms with Gasteiger partial charge in [-0.2, -0.15) is 0 Å². The van der Waals surface area contributed by atoms with E-state index in [4.69, 9.17) is 23.7 Å². The maximum atomic E-state index is 12.4. The minimum atomic E-state index is -1.14. The van der Waals surface area contributed by atoms with E-state index in [2.05, 4.69) is 37.9 Å². The molecule has 0 bridgehead atoms. The Balaban J connectivity index is 1.37. The van der Waals surface area contributed by atoms with Crippen molar-refractivity contribution in [1.82, 2.24) is 5.32 Å². The average Bonchev–Trinajstić information content (AvgIpc) is 3.31. The van der Waals surface area contributed by atoms with E-state index >= 15 is 0 Å². The highest BCUT2D eigenvalue weighted by molar-refractivity contribution is 5.73. The number of allylic oxidation sites excluding steroid dienone is 2. The number of carbonyl (C=O) groups excluding carboxylic acids is 4. The molecule has 1 amide bonds. The number of fused-ring (bicyclic) bond motifs is 5. The molecule has 0 spiro atoms. The van der Waals surface area contributed by atoms with Crippen molar-refractivity contribution in [2.24, 2.45) is 34.5 Å². The molecule has 12 atom stereocenters. The zero-order valence-corrected chi connectivity index (χ0v) is 27.7.